The van der Waals surface area contributed by atoms with Crippen LogP contribution in [0.15, 0.2) is 0 Å². The molecule has 3 heteroatoms. The summed E-state index contributed by atoms with van der Waals surface area (Å²) in [6.07, 6.45) is -0.0742. The topological polar surface area (TPSA) is 42.3 Å². The summed E-state index contributed by atoms with van der Waals surface area (Å²) in [5.74, 6) is 0. The minimum absolute atomic E-state index is 0.0669. The molecule has 84 valence electrons. The lowest BCUT2D eigenvalue weighted by molar-refractivity contribution is 0.0863. The highest BCUT2D eigenvalue weighted by molar-refractivity contribution is 5.62. The van der Waals surface area contributed by atoms with E-state index in [0.29, 0.717) is 13.2 Å². The van der Waals surface area contributed by atoms with Gasteiger partial charge in [-0.15, -0.1) is 0 Å². The van der Waals surface area contributed by atoms with Crippen LogP contribution in [0.25, 0.3) is 0 Å². The van der Waals surface area contributed by atoms with E-state index in [1.165, 1.54) is 0 Å². The fourth-order valence-electron chi connectivity index (χ4n) is 0.606. The van der Waals surface area contributed by atoms with Crippen LogP contribution in [0.3, 0.4) is 0 Å². The van der Waals surface area contributed by atoms with E-state index in [-0.39, 0.29) is 16.9 Å². The summed E-state index contributed by atoms with van der Waals surface area (Å²) in [6, 6.07) is 0. The predicted octanol–water partition coefficient (Wildman–Crippen LogP) is 3.05. The van der Waals surface area contributed by atoms with Gasteiger partial charge in [-0.05, 0) is 10.8 Å². The lowest BCUT2D eigenvalue weighted by Crippen LogP contribution is -2.23. The van der Waals surface area contributed by atoms with E-state index in [1.807, 2.05) is 0 Å². The van der Waals surface area contributed by atoms with E-state index in [0.717, 1.165) is 0 Å². The fraction of sp³-hybridized carbons (Fsp3) is 0.909. The molecule has 0 aromatic heterocycles. The molecule has 0 atom stereocenters. The van der Waals surface area contributed by atoms with Gasteiger partial charge in [-0.1, -0.05) is 41.5 Å². The van der Waals surface area contributed by atoms with Crippen LogP contribution in [0.1, 0.15) is 41.5 Å². The van der Waals surface area contributed by atoms with Crippen LogP contribution in [-0.2, 0) is 9.47 Å². The number of rotatable bonds is 2. The minimum atomic E-state index is -0.0742. The Kier molecular flexibility index (Phi) is 4.43. The van der Waals surface area contributed by atoms with E-state index in [4.69, 9.17) is 14.9 Å². The van der Waals surface area contributed by atoms with Crippen molar-refractivity contribution in [2.24, 2.45) is 10.8 Å². The first kappa shape index (κ1) is 13.3. The van der Waals surface area contributed by atoms with Gasteiger partial charge in [0, 0.05) is 0 Å². The molecule has 0 aromatic carbocycles. The smallest absolute Gasteiger partial charge is 0.380 e. The van der Waals surface area contributed by atoms with Gasteiger partial charge in [-0.3, -0.25) is 0 Å². The van der Waals surface area contributed by atoms with Crippen molar-refractivity contribution in [3.8, 4) is 0 Å². The molecular weight excluding hydrogens is 178 g/mol. The first-order valence-electron chi connectivity index (χ1n) is 4.94. The third-order valence-electron chi connectivity index (χ3n) is 1.27. The summed E-state index contributed by atoms with van der Waals surface area (Å²) in [7, 11) is 0. The fourth-order valence-corrected chi connectivity index (χ4v) is 0.606. The van der Waals surface area contributed by atoms with Crippen LogP contribution >= 0.6 is 0 Å². The van der Waals surface area contributed by atoms with E-state index < -0.39 is 0 Å². The van der Waals surface area contributed by atoms with Gasteiger partial charge >= 0.3 is 6.08 Å². The molecule has 0 aromatic rings. The second-order valence-electron chi connectivity index (χ2n) is 5.99. The van der Waals surface area contributed by atoms with E-state index in [2.05, 4.69) is 41.5 Å². The number of ether oxygens (including phenoxy) is 2. The number of hydrogen-bond donors (Lipinski definition) is 1. The third kappa shape index (κ3) is 9.36. The van der Waals surface area contributed by atoms with Crippen LogP contribution in [0.4, 0.5) is 0 Å². The Morgan fingerprint density at radius 1 is 0.857 bits per heavy atom. The molecule has 0 unspecified atom stereocenters. The van der Waals surface area contributed by atoms with Crippen molar-refractivity contribution < 1.29 is 9.47 Å². The zero-order chi connectivity index (χ0) is 11.4. The van der Waals surface area contributed by atoms with Gasteiger partial charge in [0.1, 0.15) is 0 Å². The third-order valence-corrected chi connectivity index (χ3v) is 1.27. The summed E-state index contributed by atoms with van der Waals surface area (Å²) >= 11 is 0. The molecular formula is C11H23NO2. The Labute approximate surface area is 87.3 Å². The maximum atomic E-state index is 7.40. The summed E-state index contributed by atoms with van der Waals surface area (Å²) in [6.45, 7) is 13.4. The van der Waals surface area contributed by atoms with E-state index in [9.17, 15) is 0 Å². The first-order valence-corrected chi connectivity index (χ1v) is 4.94. The van der Waals surface area contributed by atoms with Gasteiger partial charge in [-0.2, -0.15) is 0 Å². The van der Waals surface area contributed by atoms with Gasteiger partial charge < -0.3 is 9.47 Å². The number of hydrogen-bond acceptors (Lipinski definition) is 3. The van der Waals surface area contributed by atoms with Crippen molar-refractivity contribution in [2.45, 2.75) is 41.5 Å². The Morgan fingerprint density at radius 2 is 1.14 bits per heavy atom. The molecule has 0 saturated heterocycles. The summed E-state index contributed by atoms with van der Waals surface area (Å²) in [5, 5.41) is 7.40. The Hall–Kier alpha value is -0.730. The molecule has 0 spiro atoms. The Bertz CT molecular complexity index is 166. The largest absolute Gasteiger partial charge is 0.450 e. The molecule has 0 aliphatic rings. The van der Waals surface area contributed by atoms with Crippen molar-refractivity contribution in [1.82, 2.24) is 0 Å². The van der Waals surface area contributed by atoms with Crippen LogP contribution in [0.5, 0.6) is 0 Å². The highest BCUT2D eigenvalue weighted by Gasteiger charge is 2.15. The molecule has 0 aliphatic heterocycles. The molecule has 0 bridgehead atoms. The molecule has 0 saturated carbocycles. The van der Waals surface area contributed by atoms with Crippen molar-refractivity contribution in [3.05, 3.63) is 0 Å². The quantitative estimate of drug-likeness (QED) is 0.551. The maximum absolute atomic E-state index is 7.40. The molecule has 0 aliphatic carbocycles. The second-order valence-corrected chi connectivity index (χ2v) is 5.99. The molecule has 14 heavy (non-hydrogen) atoms. The van der Waals surface area contributed by atoms with Crippen LogP contribution < -0.4 is 0 Å². The van der Waals surface area contributed by atoms with E-state index >= 15 is 0 Å². The minimum Gasteiger partial charge on any atom is -0.450 e. The molecule has 1 N–H and O–H groups in total. The van der Waals surface area contributed by atoms with Crippen molar-refractivity contribution in [1.29, 1.82) is 5.41 Å². The number of nitrogens with one attached hydrogen (secondary N) is 1. The second kappa shape index (κ2) is 4.67. The van der Waals surface area contributed by atoms with Crippen molar-refractivity contribution in [2.75, 3.05) is 13.2 Å². The zero-order valence-electron chi connectivity index (χ0n) is 10.2. The van der Waals surface area contributed by atoms with Crippen LogP contribution in [-0.4, -0.2) is 19.3 Å². The highest BCUT2D eigenvalue weighted by atomic mass is 16.7. The van der Waals surface area contributed by atoms with Crippen molar-refractivity contribution in [3.63, 3.8) is 0 Å². The molecule has 0 rings (SSSR count). The molecule has 0 radical (unpaired) electrons. The van der Waals surface area contributed by atoms with Gasteiger partial charge in [-0.25, -0.2) is 5.41 Å². The molecule has 0 fully saturated rings. The average molecular weight is 201 g/mol. The Morgan fingerprint density at radius 3 is 1.36 bits per heavy atom. The predicted molar refractivity (Wildman–Crippen MR) is 58.5 cm³/mol. The highest BCUT2D eigenvalue weighted by Crippen LogP contribution is 2.15. The van der Waals surface area contributed by atoms with Crippen LogP contribution in [0.2, 0.25) is 0 Å². The monoisotopic (exact) mass is 201 g/mol. The normalized spacial score (nSPS) is 12.4. The Balaban J connectivity index is 3.68. The van der Waals surface area contributed by atoms with E-state index in [1.54, 1.807) is 0 Å². The molecule has 3 nitrogen and oxygen atoms in total. The SMILES string of the molecule is CC(C)(C)COC(=N)OCC(C)(C)C. The lowest BCUT2D eigenvalue weighted by atomic mass is 9.99. The van der Waals surface area contributed by atoms with Crippen molar-refractivity contribution >= 4 is 6.08 Å². The summed E-state index contributed by atoms with van der Waals surface area (Å²) in [4.78, 5) is 0. The lowest BCUT2D eigenvalue weighted by Gasteiger charge is -2.21. The first-order chi connectivity index (χ1) is 6.10. The maximum Gasteiger partial charge on any atom is 0.380 e. The summed E-state index contributed by atoms with van der Waals surface area (Å²) in [5.41, 5.74) is 0.134. The molecule has 0 heterocycles. The molecule has 0 amide bonds. The summed E-state index contributed by atoms with van der Waals surface area (Å²) < 4.78 is 10.3. The van der Waals surface area contributed by atoms with Gasteiger partial charge in [0.2, 0.25) is 0 Å². The van der Waals surface area contributed by atoms with Crippen LogP contribution in [0, 0.1) is 16.2 Å². The zero-order valence-corrected chi connectivity index (χ0v) is 10.2. The van der Waals surface area contributed by atoms with Gasteiger partial charge in [0.25, 0.3) is 0 Å². The standard InChI is InChI=1S/C11H23NO2/c1-10(2,3)7-13-9(12)14-8-11(4,5)6/h12H,7-8H2,1-6H3. The average Bonchev–Trinajstić information content (AvgIpc) is 1.94. The van der Waals surface area contributed by atoms with Gasteiger partial charge in [0.15, 0.2) is 0 Å². The van der Waals surface area contributed by atoms with Gasteiger partial charge in [0.05, 0.1) is 13.2 Å².